The third kappa shape index (κ3) is 3.23. The number of hydrogen-bond acceptors (Lipinski definition) is 3. The SMILES string of the molecule is O=C=Nc1cccc(C=Cc2ccccn2)c1. The molecular formula is C14H10N2O. The van der Waals surface area contributed by atoms with Crippen LogP contribution in [0.4, 0.5) is 5.69 Å². The van der Waals surface area contributed by atoms with Gasteiger partial charge in [-0.15, -0.1) is 0 Å². The van der Waals surface area contributed by atoms with Gasteiger partial charge in [0.05, 0.1) is 11.4 Å². The van der Waals surface area contributed by atoms with Crippen LogP contribution in [0.25, 0.3) is 12.2 Å². The highest BCUT2D eigenvalue weighted by Crippen LogP contribution is 2.15. The zero-order valence-electron chi connectivity index (χ0n) is 9.08. The molecule has 3 heteroatoms. The Kier molecular flexibility index (Phi) is 3.58. The highest BCUT2D eigenvalue weighted by atomic mass is 16.1. The van der Waals surface area contributed by atoms with E-state index in [0.29, 0.717) is 5.69 Å². The van der Waals surface area contributed by atoms with Gasteiger partial charge in [-0.1, -0.05) is 24.3 Å². The van der Waals surface area contributed by atoms with Crippen molar-refractivity contribution in [1.29, 1.82) is 0 Å². The molecule has 0 radical (unpaired) electrons. The number of isocyanates is 1. The van der Waals surface area contributed by atoms with Crippen molar-refractivity contribution in [1.82, 2.24) is 4.98 Å². The summed E-state index contributed by atoms with van der Waals surface area (Å²) in [7, 11) is 0. The smallest absolute Gasteiger partial charge is 0.240 e. The maximum atomic E-state index is 10.1. The van der Waals surface area contributed by atoms with Crippen LogP contribution in [0.5, 0.6) is 0 Å². The minimum absolute atomic E-state index is 0.600. The zero-order valence-corrected chi connectivity index (χ0v) is 9.08. The van der Waals surface area contributed by atoms with E-state index in [1.54, 1.807) is 12.3 Å². The number of benzene rings is 1. The molecule has 0 saturated heterocycles. The van der Waals surface area contributed by atoms with Crippen molar-refractivity contribution in [3.63, 3.8) is 0 Å². The summed E-state index contributed by atoms with van der Waals surface area (Å²) >= 11 is 0. The molecule has 0 atom stereocenters. The van der Waals surface area contributed by atoms with Gasteiger partial charge in [0.1, 0.15) is 0 Å². The van der Waals surface area contributed by atoms with E-state index < -0.39 is 0 Å². The topological polar surface area (TPSA) is 42.3 Å². The first-order valence-electron chi connectivity index (χ1n) is 5.15. The molecule has 82 valence electrons. The summed E-state index contributed by atoms with van der Waals surface area (Å²) in [5.41, 5.74) is 2.45. The number of aliphatic imine (C=N–C) groups is 1. The van der Waals surface area contributed by atoms with Gasteiger partial charge >= 0.3 is 0 Å². The Morgan fingerprint density at radius 1 is 1.12 bits per heavy atom. The molecule has 0 N–H and O–H groups in total. The average molecular weight is 222 g/mol. The Labute approximate surface area is 99.2 Å². The average Bonchev–Trinajstić information content (AvgIpc) is 2.39. The maximum Gasteiger partial charge on any atom is 0.240 e. The highest BCUT2D eigenvalue weighted by molar-refractivity contribution is 5.69. The van der Waals surface area contributed by atoms with Crippen LogP contribution in [0.2, 0.25) is 0 Å². The summed E-state index contributed by atoms with van der Waals surface area (Å²) < 4.78 is 0. The Morgan fingerprint density at radius 2 is 2.06 bits per heavy atom. The Bertz CT molecular complexity index is 570. The van der Waals surface area contributed by atoms with E-state index in [1.165, 1.54) is 6.08 Å². The molecular weight excluding hydrogens is 212 g/mol. The summed E-state index contributed by atoms with van der Waals surface area (Å²) in [6.07, 6.45) is 7.10. The number of hydrogen-bond donors (Lipinski definition) is 0. The number of pyridine rings is 1. The lowest BCUT2D eigenvalue weighted by Crippen LogP contribution is -1.76. The van der Waals surface area contributed by atoms with E-state index in [0.717, 1.165) is 11.3 Å². The molecule has 2 aromatic rings. The van der Waals surface area contributed by atoms with Crippen molar-refractivity contribution in [2.24, 2.45) is 4.99 Å². The van der Waals surface area contributed by atoms with Gasteiger partial charge in [0.15, 0.2) is 0 Å². The first-order chi connectivity index (χ1) is 8.38. The lowest BCUT2D eigenvalue weighted by atomic mass is 10.2. The third-order valence-corrected chi connectivity index (χ3v) is 2.18. The predicted molar refractivity (Wildman–Crippen MR) is 67.4 cm³/mol. The lowest BCUT2D eigenvalue weighted by molar-refractivity contribution is 0.565. The summed E-state index contributed by atoms with van der Waals surface area (Å²) in [5, 5.41) is 0. The van der Waals surface area contributed by atoms with Gasteiger partial charge in [0.2, 0.25) is 6.08 Å². The Hall–Kier alpha value is -2.51. The van der Waals surface area contributed by atoms with Gasteiger partial charge in [0.25, 0.3) is 0 Å². The fourth-order valence-corrected chi connectivity index (χ4v) is 1.41. The number of carbonyl (C=O) groups excluding carboxylic acids is 1. The monoisotopic (exact) mass is 222 g/mol. The molecule has 0 amide bonds. The van der Waals surface area contributed by atoms with Crippen LogP contribution in [0.1, 0.15) is 11.3 Å². The molecule has 17 heavy (non-hydrogen) atoms. The number of aromatic nitrogens is 1. The van der Waals surface area contributed by atoms with Crippen molar-refractivity contribution in [2.45, 2.75) is 0 Å². The Morgan fingerprint density at radius 3 is 2.82 bits per heavy atom. The zero-order chi connectivity index (χ0) is 11.9. The summed E-state index contributed by atoms with van der Waals surface area (Å²) in [6, 6.07) is 13.1. The number of nitrogens with zero attached hydrogens (tertiary/aromatic N) is 2. The highest BCUT2D eigenvalue weighted by Gasteiger charge is 1.91. The molecule has 0 bridgehead atoms. The van der Waals surface area contributed by atoms with Gasteiger partial charge in [0, 0.05) is 6.20 Å². The Balaban J connectivity index is 2.21. The second-order valence-electron chi connectivity index (χ2n) is 3.39. The maximum absolute atomic E-state index is 10.1. The van der Waals surface area contributed by atoms with Crippen molar-refractivity contribution in [3.8, 4) is 0 Å². The van der Waals surface area contributed by atoms with Crippen LogP contribution in [-0.2, 0) is 4.79 Å². The van der Waals surface area contributed by atoms with E-state index in [9.17, 15) is 4.79 Å². The first kappa shape index (κ1) is 11.0. The molecule has 0 fully saturated rings. The van der Waals surface area contributed by atoms with Crippen LogP contribution in [0.15, 0.2) is 53.7 Å². The van der Waals surface area contributed by atoms with Crippen LogP contribution < -0.4 is 0 Å². The summed E-state index contributed by atoms with van der Waals surface area (Å²) in [5.74, 6) is 0. The number of rotatable bonds is 3. The van der Waals surface area contributed by atoms with Gasteiger partial charge in [-0.25, -0.2) is 4.79 Å². The molecule has 2 rings (SSSR count). The predicted octanol–water partition coefficient (Wildman–Crippen LogP) is 3.22. The second kappa shape index (κ2) is 5.54. The molecule has 0 unspecified atom stereocenters. The molecule has 0 aliphatic rings. The van der Waals surface area contributed by atoms with Crippen LogP contribution in [0, 0.1) is 0 Å². The fraction of sp³-hybridized carbons (Fsp3) is 0. The largest absolute Gasteiger partial charge is 0.257 e. The molecule has 0 aliphatic heterocycles. The quantitative estimate of drug-likeness (QED) is 0.591. The molecule has 0 aliphatic carbocycles. The van der Waals surface area contributed by atoms with Crippen LogP contribution in [0.3, 0.4) is 0 Å². The normalized spacial score (nSPS) is 10.1. The van der Waals surface area contributed by atoms with E-state index >= 15 is 0 Å². The minimum atomic E-state index is 0.600. The van der Waals surface area contributed by atoms with Crippen molar-refractivity contribution in [3.05, 3.63) is 59.9 Å². The first-order valence-corrected chi connectivity index (χ1v) is 5.15. The van der Waals surface area contributed by atoms with Gasteiger partial charge in [-0.2, -0.15) is 4.99 Å². The summed E-state index contributed by atoms with van der Waals surface area (Å²) in [6.45, 7) is 0. The van der Waals surface area contributed by atoms with Crippen molar-refractivity contribution in [2.75, 3.05) is 0 Å². The van der Waals surface area contributed by atoms with E-state index in [1.807, 2.05) is 48.6 Å². The molecule has 0 saturated carbocycles. The fourth-order valence-electron chi connectivity index (χ4n) is 1.41. The van der Waals surface area contributed by atoms with Crippen molar-refractivity contribution < 1.29 is 4.79 Å². The standard InChI is InChI=1S/C14H10N2O/c17-11-16-14-6-3-4-12(10-14)7-8-13-5-1-2-9-15-13/h1-10H. The minimum Gasteiger partial charge on any atom is -0.257 e. The van der Waals surface area contributed by atoms with E-state index in [2.05, 4.69) is 9.98 Å². The molecule has 1 heterocycles. The molecule has 0 spiro atoms. The molecule has 1 aromatic carbocycles. The third-order valence-electron chi connectivity index (χ3n) is 2.18. The van der Waals surface area contributed by atoms with Crippen molar-refractivity contribution >= 4 is 23.9 Å². The molecule has 3 nitrogen and oxygen atoms in total. The van der Waals surface area contributed by atoms with Gasteiger partial charge < -0.3 is 0 Å². The second-order valence-corrected chi connectivity index (χ2v) is 3.39. The van der Waals surface area contributed by atoms with Gasteiger partial charge in [-0.3, -0.25) is 4.98 Å². The van der Waals surface area contributed by atoms with Crippen LogP contribution >= 0.6 is 0 Å². The summed E-state index contributed by atoms with van der Waals surface area (Å²) in [4.78, 5) is 17.9. The molecule has 1 aromatic heterocycles. The van der Waals surface area contributed by atoms with Gasteiger partial charge in [-0.05, 0) is 35.9 Å². The van der Waals surface area contributed by atoms with Crippen LogP contribution in [-0.4, -0.2) is 11.1 Å². The lowest BCUT2D eigenvalue weighted by Gasteiger charge is -1.95. The van der Waals surface area contributed by atoms with E-state index in [-0.39, 0.29) is 0 Å². The van der Waals surface area contributed by atoms with E-state index in [4.69, 9.17) is 0 Å².